The zero-order valence-corrected chi connectivity index (χ0v) is 15.0. The average Bonchev–Trinajstić information content (AvgIpc) is 2.94. The smallest absolute Gasteiger partial charge is 0.217 e. The first kappa shape index (κ1) is 17.6. The van der Waals surface area contributed by atoms with Gasteiger partial charge in [0.1, 0.15) is 5.25 Å². The van der Waals surface area contributed by atoms with Gasteiger partial charge in [-0.25, -0.2) is 13.1 Å². The highest BCUT2D eigenvalue weighted by Gasteiger charge is 2.39. The van der Waals surface area contributed by atoms with Gasteiger partial charge in [0.2, 0.25) is 10.0 Å². The predicted octanol–water partition coefficient (Wildman–Crippen LogP) is 0.196. The van der Waals surface area contributed by atoms with E-state index in [1.807, 2.05) is 38.1 Å². The van der Waals surface area contributed by atoms with Crippen molar-refractivity contribution in [3.63, 3.8) is 0 Å². The average molecular weight is 354 g/mol. The lowest BCUT2D eigenvalue weighted by Gasteiger charge is -2.29. The number of hydrazine groups is 1. The van der Waals surface area contributed by atoms with Crippen LogP contribution in [-0.2, 0) is 21.3 Å². The molecule has 2 aliphatic rings. The van der Waals surface area contributed by atoms with E-state index < -0.39 is 15.3 Å². The predicted molar refractivity (Wildman–Crippen MR) is 94.2 cm³/mol. The Balaban J connectivity index is 1.60. The highest BCUT2D eigenvalue weighted by molar-refractivity contribution is 7.90. The molecule has 0 saturated carbocycles. The quantitative estimate of drug-likeness (QED) is 0.701. The molecule has 2 saturated heterocycles. The molecule has 3 N–H and O–H groups in total. The van der Waals surface area contributed by atoms with Gasteiger partial charge in [-0.15, -0.1) is 0 Å². The van der Waals surface area contributed by atoms with E-state index in [1.54, 1.807) is 0 Å². The number of rotatable bonds is 5. The van der Waals surface area contributed by atoms with Crippen molar-refractivity contribution in [3.05, 3.63) is 29.8 Å². The molecule has 8 heteroatoms. The third-order valence-electron chi connectivity index (χ3n) is 4.67. The fraction of sp³-hybridized carbons (Fsp3) is 0.625. The first-order chi connectivity index (χ1) is 11.5. The van der Waals surface area contributed by atoms with Gasteiger partial charge in [-0.1, -0.05) is 12.1 Å². The fourth-order valence-electron chi connectivity index (χ4n) is 3.32. The Morgan fingerprint density at radius 2 is 1.71 bits per heavy atom. The van der Waals surface area contributed by atoms with Crippen LogP contribution in [0.25, 0.3) is 0 Å². The maximum atomic E-state index is 12.5. The van der Waals surface area contributed by atoms with Gasteiger partial charge in [0.15, 0.2) is 0 Å². The second kappa shape index (κ2) is 7.37. The topological polar surface area (TPSA) is 82.7 Å². The van der Waals surface area contributed by atoms with Gasteiger partial charge in [0, 0.05) is 37.4 Å². The lowest BCUT2D eigenvalue weighted by Crippen LogP contribution is -2.44. The fourth-order valence-corrected chi connectivity index (χ4v) is 5.10. The van der Waals surface area contributed by atoms with Crippen LogP contribution in [0.4, 0.5) is 5.69 Å². The van der Waals surface area contributed by atoms with Crippen LogP contribution in [0.2, 0.25) is 0 Å². The maximum absolute atomic E-state index is 12.5. The van der Waals surface area contributed by atoms with Crippen molar-refractivity contribution in [3.8, 4) is 0 Å². The van der Waals surface area contributed by atoms with Crippen LogP contribution in [0.15, 0.2) is 24.3 Å². The van der Waals surface area contributed by atoms with E-state index in [0.29, 0.717) is 6.54 Å². The monoisotopic (exact) mass is 354 g/mol. The number of benzene rings is 1. The summed E-state index contributed by atoms with van der Waals surface area (Å²) in [5.74, 6) is 0. The van der Waals surface area contributed by atoms with Gasteiger partial charge in [0.25, 0.3) is 0 Å². The van der Waals surface area contributed by atoms with Crippen molar-refractivity contribution in [1.82, 2.24) is 15.6 Å². The second-order valence-corrected chi connectivity index (χ2v) is 8.39. The van der Waals surface area contributed by atoms with Crippen LogP contribution in [0.5, 0.6) is 0 Å². The largest absolute Gasteiger partial charge is 0.378 e. The Bertz CT molecular complexity index is 634. The minimum absolute atomic E-state index is 0.124. The summed E-state index contributed by atoms with van der Waals surface area (Å²) < 4.78 is 33.2. The van der Waals surface area contributed by atoms with E-state index in [9.17, 15) is 8.42 Å². The summed E-state index contributed by atoms with van der Waals surface area (Å²) in [5, 5.41) is -0.481. The summed E-state index contributed by atoms with van der Waals surface area (Å²) in [5.41, 5.74) is 8.07. The molecule has 0 bridgehead atoms. The number of sulfonamides is 1. The summed E-state index contributed by atoms with van der Waals surface area (Å²) in [4.78, 5) is 2.27. The molecule has 0 aromatic heterocycles. The molecule has 2 unspecified atom stereocenters. The van der Waals surface area contributed by atoms with Crippen molar-refractivity contribution in [2.24, 2.45) is 0 Å². The van der Waals surface area contributed by atoms with E-state index >= 15 is 0 Å². The van der Waals surface area contributed by atoms with Gasteiger partial charge in [-0.2, -0.15) is 0 Å². The number of morpholine rings is 1. The molecule has 1 aromatic carbocycles. The van der Waals surface area contributed by atoms with Crippen molar-refractivity contribution in [2.45, 2.75) is 37.7 Å². The minimum atomic E-state index is -3.39. The molecule has 0 amide bonds. The minimum Gasteiger partial charge on any atom is -0.378 e. The summed E-state index contributed by atoms with van der Waals surface area (Å²) in [6.45, 7) is 7.34. The van der Waals surface area contributed by atoms with Crippen LogP contribution in [-0.4, -0.2) is 52.1 Å². The molecule has 2 aliphatic heterocycles. The molecule has 24 heavy (non-hydrogen) atoms. The van der Waals surface area contributed by atoms with E-state index in [2.05, 4.69) is 20.5 Å². The molecule has 2 heterocycles. The van der Waals surface area contributed by atoms with Crippen LogP contribution >= 0.6 is 0 Å². The highest BCUT2D eigenvalue weighted by atomic mass is 32.2. The molecule has 1 aromatic rings. The SMILES string of the molecule is CC1NNC(C)C1S(=O)(=O)NCc1ccc(N2CCOCC2)cc1. The molecule has 0 radical (unpaired) electrons. The number of ether oxygens (including phenoxy) is 1. The van der Waals surface area contributed by atoms with Crippen molar-refractivity contribution in [1.29, 1.82) is 0 Å². The van der Waals surface area contributed by atoms with E-state index in [1.165, 1.54) is 0 Å². The second-order valence-electron chi connectivity index (χ2n) is 6.46. The summed E-state index contributed by atoms with van der Waals surface area (Å²) in [7, 11) is -3.39. The Hall–Kier alpha value is -1.19. The van der Waals surface area contributed by atoms with Crippen LogP contribution < -0.4 is 20.5 Å². The van der Waals surface area contributed by atoms with Gasteiger partial charge in [-0.3, -0.25) is 10.9 Å². The van der Waals surface area contributed by atoms with Crippen LogP contribution in [0.3, 0.4) is 0 Å². The Morgan fingerprint density at radius 1 is 1.12 bits per heavy atom. The van der Waals surface area contributed by atoms with Crippen molar-refractivity contribution in [2.75, 3.05) is 31.2 Å². The molecule has 134 valence electrons. The van der Waals surface area contributed by atoms with Crippen molar-refractivity contribution < 1.29 is 13.2 Å². The first-order valence-electron chi connectivity index (χ1n) is 8.38. The Kier molecular flexibility index (Phi) is 5.41. The molecular weight excluding hydrogens is 328 g/mol. The van der Waals surface area contributed by atoms with E-state index in [-0.39, 0.29) is 12.1 Å². The molecule has 2 fully saturated rings. The maximum Gasteiger partial charge on any atom is 0.217 e. The third kappa shape index (κ3) is 3.89. The highest BCUT2D eigenvalue weighted by Crippen LogP contribution is 2.18. The summed E-state index contributed by atoms with van der Waals surface area (Å²) >= 11 is 0. The van der Waals surface area contributed by atoms with E-state index in [0.717, 1.165) is 37.6 Å². The van der Waals surface area contributed by atoms with Crippen molar-refractivity contribution >= 4 is 15.7 Å². The number of hydrogen-bond donors (Lipinski definition) is 3. The molecule has 2 atom stereocenters. The zero-order valence-electron chi connectivity index (χ0n) is 14.2. The number of anilines is 1. The number of nitrogens with one attached hydrogen (secondary N) is 3. The van der Waals surface area contributed by atoms with Gasteiger partial charge in [0.05, 0.1) is 13.2 Å². The van der Waals surface area contributed by atoms with Crippen LogP contribution in [0.1, 0.15) is 19.4 Å². The molecule has 3 rings (SSSR count). The molecule has 0 aliphatic carbocycles. The van der Waals surface area contributed by atoms with E-state index in [4.69, 9.17) is 4.74 Å². The summed E-state index contributed by atoms with van der Waals surface area (Å²) in [6, 6.07) is 7.79. The van der Waals surface area contributed by atoms with Gasteiger partial charge < -0.3 is 9.64 Å². The molecular formula is C16H26N4O3S. The Morgan fingerprint density at radius 3 is 2.29 bits per heavy atom. The van der Waals surface area contributed by atoms with Gasteiger partial charge in [-0.05, 0) is 31.5 Å². The zero-order chi connectivity index (χ0) is 17.2. The van der Waals surface area contributed by atoms with Gasteiger partial charge >= 0.3 is 0 Å². The first-order valence-corrected chi connectivity index (χ1v) is 9.93. The lowest BCUT2D eigenvalue weighted by atomic mass is 10.2. The lowest BCUT2D eigenvalue weighted by molar-refractivity contribution is 0.122. The molecule has 0 spiro atoms. The summed E-state index contributed by atoms with van der Waals surface area (Å²) in [6.07, 6.45) is 0. The normalized spacial score (nSPS) is 28.2. The molecule has 7 nitrogen and oxygen atoms in total. The Labute approximate surface area is 143 Å². The number of nitrogens with zero attached hydrogens (tertiary/aromatic N) is 1. The standard InChI is InChI=1S/C16H26N4O3S/c1-12-16(13(2)19-18-12)24(21,22)17-11-14-3-5-15(6-4-14)20-7-9-23-10-8-20/h3-6,12-13,16-19H,7-11H2,1-2H3. The number of hydrogen-bond acceptors (Lipinski definition) is 6. The third-order valence-corrected chi connectivity index (χ3v) is 6.75. The van der Waals surface area contributed by atoms with Crippen LogP contribution in [0, 0.1) is 0 Å².